The molecule has 0 aromatic heterocycles. The molecule has 0 bridgehead atoms. The summed E-state index contributed by atoms with van der Waals surface area (Å²) < 4.78 is 0. The zero-order chi connectivity index (χ0) is 7.56. The number of rotatable bonds is 1. The molecule has 0 aromatic carbocycles. The van der Waals surface area contributed by atoms with Crippen molar-refractivity contribution in [3.63, 3.8) is 0 Å². The van der Waals surface area contributed by atoms with Crippen LogP contribution in [0.25, 0.3) is 0 Å². The molecule has 4 nitrogen and oxygen atoms in total. The summed E-state index contributed by atoms with van der Waals surface area (Å²) in [5.41, 5.74) is 0. The largest absolute Gasteiger partial charge is 0.374 e. The lowest BCUT2D eigenvalue weighted by Gasteiger charge is -2.28. The topological polar surface area (TPSA) is 54.6 Å². The van der Waals surface area contributed by atoms with Crippen LogP contribution in [0.4, 0.5) is 0 Å². The van der Waals surface area contributed by atoms with Crippen molar-refractivity contribution < 1.29 is 9.90 Å². The quantitative estimate of drug-likeness (QED) is 0.499. The van der Waals surface area contributed by atoms with E-state index in [4.69, 9.17) is 5.11 Å². The van der Waals surface area contributed by atoms with Crippen LogP contribution in [-0.4, -0.2) is 41.8 Å². The fraction of sp³-hybridized carbons (Fsp3) is 0.833. The SMILES string of the molecule is CC(O)N1CC[N]CC1=O. The van der Waals surface area contributed by atoms with Gasteiger partial charge in [-0.05, 0) is 6.92 Å². The lowest BCUT2D eigenvalue weighted by atomic mass is 10.3. The molecule has 1 aliphatic rings. The normalized spacial score (nSPS) is 23.0. The number of hydrogen-bond acceptors (Lipinski definition) is 2. The van der Waals surface area contributed by atoms with Gasteiger partial charge in [-0.25, -0.2) is 5.32 Å². The second-order valence-electron chi connectivity index (χ2n) is 2.32. The zero-order valence-electron chi connectivity index (χ0n) is 5.95. The van der Waals surface area contributed by atoms with Crippen molar-refractivity contribution in [3.05, 3.63) is 0 Å². The number of carbonyl (C=O) groups excluding carboxylic acids is 1. The highest BCUT2D eigenvalue weighted by molar-refractivity contribution is 5.79. The van der Waals surface area contributed by atoms with Gasteiger partial charge in [0.15, 0.2) is 0 Å². The maximum Gasteiger partial charge on any atom is 0.240 e. The maximum absolute atomic E-state index is 10.9. The van der Waals surface area contributed by atoms with Crippen LogP contribution < -0.4 is 5.32 Å². The van der Waals surface area contributed by atoms with Gasteiger partial charge in [-0.1, -0.05) is 0 Å². The third kappa shape index (κ3) is 1.46. The first-order chi connectivity index (χ1) is 4.72. The third-order valence-corrected chi connectivity index (χ3v) is 1.52. The van der Waals surface area contributed by atoms with Crippen molar-refractivity contribution in [2.45, 2.75) is 13.2 Å². The van der Waals surface area contributed by atoms with Crippen molar-refractivity contribution in [1.82, 2.24) is 10.2 Å². The second kappa shape index (κ2) is 2.98. The van der Waals surface area contributed by atoms with E-state index in [1.165, 1.54) is 4.90 Å². The molecule has 1 aliphatic heterocycles. The van der Waals surface area contributed by atoms with E-state index in [2.05, 4.69) is 5.32 Å². The minimum absolute atomic E-state index is 0.0822. The molecule has 1 heterocycles. The van der Waals surface area contributed by atoms with Gasteiger partial charge in [0.05, 0.1) is 6.54 Å². The van der Waals surface area contributed by atoms with Crippen molar-refractivity contribution >= 4 is 5.91 Å². The van der Waals surface area contributed by atoms with Gasteiger partial charge < -0.3 is 10.0 Å². The predicted octanol–water partition coefficient (Wildman–Crippen LogP) is -1.23. The van der Waals surface area contributed by atoms with Gasteiger partial charge in [0.25, 0.3) is 0 Å². The highest BCUT2D eigenvalue weighted by atomic mass is 16.3. The van der Waals surface area contributed by atoms with Crippen LogP contribution in [0, 0.1) is 0 Å². The van der Waals surface area contributed by atoms with Crippen molar-refractivity contribution in [3.8, 4) is 0 Å². The summed E-state index contributed by atoms with van der Waals surface area (Å²) in [5, 5.41) is 12.9. The monoisotopic (exact) mass is 143 g/mol. The van der Waals surface area contributed by atoms with Gasteiger partial charge >= 0.3 is 0 Å². The van der Waals surface area contributed by atoms with Crippen LogP contribution in [0.15, 0.2) is 0 Å². The smallest absolute Gasteiger partial charge is 0.240 e. The molecule has 1 amide bonds. The number of aliphatic hydroxyl groups is 1. The minimum Gasteiger partial charge on any atom is -0.374 e. The third-order valence-electron chi connectivity index (χ3n) is 1.52. The second-order valence-corrected chi connectivity index (χ2v) is 2.32. The van der Waals surface area contributed by atoms with Crippen LogP contribution in [0.1, 0.15) is 6.92 Å². The van der Waals surface area contributed by atoms with Gasteiger partial charge in [0, 0.05) is 13.1 Å². The summed E-state index contributed by atoms with van der Waals surface area (Å²) in [7, 11) is 0. The Labute approximate surface area is 59.8 Å². The molecule has 0 aliphatic carbocycles. The number of amides is 1. The van der Waals surface area contributed by atoms with E-state index in [0.29, 0.717) is 13.1 Å². The molecule has 0 aromatic rings. The lowest BCUT2D eigenvalue weighted by Crippen LogP contribution is -2.49. The molecule has 1 rings (SSSR count). The minimum atomic E-state index is -0.664. The Bertz CT molecular complexity index is 136. The molecule has 0 saturated carbocycles. The Morgan fingerprint density at radius 3 is 2.90 bits per heavy atom. The van der Waals surface area contributed by atoms with Gasteiger partial charge in [0.2, 0.25) is 5.91 Å². The van der Waals surface area contributed by atoms with Crippen molar-refractivity contribution in [2.24, 2.45) is 0 Å². The Morgan fingerprint density at radius 1 is 1.80 bits per heavy atom. The molecule has 1 saturated heterocycles. The number of aliphatic hydroxyl groups excluding tert-OH is 1. The molecule has 1 unspecified atom stereocenters. The molecular weight excluding hydrogens is 132 g/mol. The number of nitrogens with zero attached hydrogens (tertiary/aromatic N) is 2. The Balaban J connectivity index is 2.48. The van der Waals surface area contributed by atoms with Crippen LogP contribution in [0.2, 0.25) is 0 Å². The maximum atomic E-state index is 10.9. The van der Waals surface area contributed by atoms with Crippen LogP contribution in [-0.2, 0) is 4.79 Å². The number of hydrogen-bond donors (Lipinski definition) is 1. The zero-order valence-corrected chi connectivity index (χ0v) is 5.95. The van der Waals surface area contributed by atoms with Crippen molar-refractivity contribution in [1.29, 1.82) is 0 Å². The lowest BCUT2D eigenvalue weighted by molar-refractivity contribution is -0.141. The molecular formula is C6H11N2O2. The van der Waals surface area contributed by atoms with Gasteiger partial charge in [0.1, 0.15) is 6.23 Å². The summed E-state index contributed by atoms with van der Waals surface area (Å²) in [6.07, 6.45) is -0.664. The van der Waals surface area contributed by atoms with Crippen LogP contribution in [0.5, 0.6) is 0 Å². The van der Waals surface area contributed by atoms with Gasteiger partial charge in [-0.15, -0.1) is 0 Å². The van der Waals surface area contributed by atoms with Gasteiger partial charge in [-0.3, -0.25) is 4.79 Å². The molecule has 1 radical (unpaired) electrons. The number of carbonyl (C=O) groups is 1. The van der Waals surface area contributed by atoms with Crippen LogP contribution in [0.3, 0.4) is 0 Å². The molecule has 4 heteroatoms. The molecule has 57 valence electrons. The Morgan fingerprint density at radius 2 is 2.50 bits per heavy atom. The molecule has 1 fully saturated rings. The Hall–Kier alpha value is -0.610. The molecule has 1 atom stereocenters. The summed E-state index contributed by atoms with van der Waals surface area (Å²) in [4.78, 5) is 12.3. The summed E-state index contributed by atoms with van der Waals surface area (Å²) in [6, 6.07) is 0. The van der Waals surface area contributed by atoms with E-state index in [0.717, 1.165) is 0 Å². The van der Waals surface area contributed by atoms with E-state index in [9.17, 15) is 4.79 Å². The van der Waals surface area contributed by atoms with E-state index >= 15 is 0 Å². The molecule has 10 heavy (non-hydrogen) atoms. The first kappa shape index (κ1) is 7.50. The average molecular weight is 143 g/mol. The molecule has 0 spiro atoms. The first-order valence-electron chi connectivity index (χ1n) is 3.32. The standard InChI is InChI=1S/C6H11N2O2/c1-5(9)8-3-2-7-4-6(8)10/h5,9H,2-4H2,1H3. The predicted molar refractivity (Wildman–Crippen MR) is 35.3 cm³/mol. The van der Waals surface area contributed by atoms with E-state index in [1.807, 2.05) is 0 Å². The Kier molecular flexibility index (Phi) is 2.24. The first-order valence-corrected chi connectivity index (χ1v) is 3.32. The van der Waals surface area contributed by atoms with E-state index in [-0.39, 0.29) is 12.5 Å². The average Bonchev–Trinajstić information content (AvgIpc) is 1.88. The number of piperazine rings is 1. The summed E-state index contributed by atoms with van der Waals surface area (Å²) in [5.74, 6) is -0.0822. The van der Waals surface area contributed by atoms with E-state index < -0.39 is 6.23 Å². The van der Waals surface area contributed by atoms with Crippen molar-refractivity contribution in [2.75, 3.05) is 19.6 Å². The summed E-state index contributed by atoms with van der Waals surface area (Å²) in [6.45, 7) is 3.02. The fourth-order valence-corrected chi connectivity index (χ4v) is 0.964. The fourth-order valence-electron chi connectivity index (χ4n) is 0.964. The summed E-state index contributed by atoms with van der Waals surface area (Å²) >= 11 is 0. The van der Waals surface area contributed by atoms with E-state index in [1.54, 1.807) is 6.92 Å². The highest BCUT2D eigenvalue weighted by Crippen LogP contribution is 1.98. The molecule has 1 N–H and O–H groups in total. The van der Waals surface area contributed by atoms with Crippen LogP contribution >= 0.6 is 0 Å². The highest BCUT2D eigenvalue weighted by Gasteiger charge is 2.21. The van der Waals surface area contributed by atoms with Gasteiger partial charge in [-0.2, -0.15) is 0 Å².